The highest BCUT2D eigenvalue weighted by atomic mass is 19.4. The predicted molar refractivity (Wildman–Crippen MR) is 352 cm³/mol. The molecule has 8 N–H and O–H groups in total. The Labute approximate surface area is 553 Å². The molecule has 0 bridgehead atoms. The molecule has 0 saturated carbocycles. The number of hydroxylamine groups is 4. The smallest absolute Gasteiger partial charge is 0.416 e. The Kier molecular flexibility index (Phi) is 24.0. The van der Waals surface area contributed by atoms with Gasteiger partial charge in [0.15, 0.2) is 0 Å². The lowest BCUT2D eigenvalue weighted by molar-refractivity contribution is -0.137. The minimum Gasteiger partial charge on any atom is -0.494 e. The number of halogens is 3. The van der Waals surface area contributed by atoms with E-state index in [1.807, 2.05) is 109 Å². The Hall–Kier alpha value is -9.95. The number of rotatable bonds is 16. The van der Waals surface area contributed by atoms with Crippen molar-refractivity contribution in [1.82, 2.24) is 51.8 Å². The first-order valence-corrected chi connectivity index (χ1v) is 31.5. The molecule has 1 aromatic heterocycles. The van der Waals surface area contributed by atoms with Crippen LogP contribution in [0.4, 0.5) is 13.2 Å². The number of hydrogen-bond acceptors (Lipinski definition) is 16. The number of nitrogens with one attached hydrogen (secondary N) is 4. The lowest BCUT2D eigenvalue weighted by Crippen LogP contribution is -2.32. The van der Waals surface area contributed by atoms with Crippen molar-refractivity contribution in [2.45, 2.75) is 77.5 Å². The molecule has 0 unspecified atom stereocenters. The number of hydrogen-bond donors (Lipinski definition) is 8. The highest BCUT2D eigenvalue weighted by Gasteiger charge is 2.30. The summed E-state index contributed by atoms with van der Waals surface area (Å²) in [6, 6.07) is 53.3. The zero-order chi connectivity index (χ0) is 67.4. The average Bonchev–Trinajstić information content (AvgIpc) is 1.12. The second kappa shape index (κ2) is 33.4. The van der Waals surface area contributed by atoms with Crippen LogP contribution in [0.15, 0.2) is 187 Å². The van der Waals surface area contributed by atoms with Crippen molar-refractivity contribution in [2.24, 2.45) is 0 Å². The van der Waals surface area contributed by atoms with Gasteiger partial charge < -0.3 is 4.74 Å². The molecule has 498 valence electrons. The maximum atomic E-state index is 12.6. The molecule has 4 aliphatic rings. The quantitative estimate of drug-likeness (QED) is 0.0254. The summed E-state index contributed by atoms with van der Waals surface area (Å²) in [5.74, 6) is -1.03. The van der Waals surface area contributed by atoms with Crippen LogP contribution in [0.25, 0.3) is 17.1 Å². The SMILES string of the molecule is O=C(NO)c1ccc2c(c1)CCN(C/C=C/c1ccccc1)C2.O=C(NO)c1ccc2c(c1)CCN(CCCOc1ccccc1)C2.O=C(NO)c1ccc2c(c1)CCN(Cc1ccc(C(F)(F)F)cc1)C2.O=C(NO)c1ccc2c(c1)CCN(Cc1ccc3nonc3c1)C2. The van der Waals surface area contributed by atoms with Crippen LogP contribution >= 0.6 is 0 Å². The minimum atomic E-state index is -4.32. The van der Waals surface area contributed by atoms with Crippen molar-refractivity contribution in [1.29, 1.82) is 0 Å². The van der Waals surface area contributed by atoms with E-state index in [9.17, 15) is 32.3 Å². The molecule has 0 aliphatic carbocycles. The highest BCUT2D eigenvalue weighted by molar-refractivity contribution is 5.95. The molecule has 0 fully saturated rings. The Morgan fingerprint density at radius 1 is 0.469 bits per heavy atom. The second-order valence-electron chi connectivity index (χ2n) is 23.7. The summed E-state index contributed by atoms with van der Waals surface area (Å²) in [5, 5.41) is 42.5. The standard InChI is InChI=1S/C19H22N2O3.C19H20N2O2.C18H17F3N2O2.C17H16N4O3/c22-19(20-23)16-7-8-17-14-21(11-9-15(17)13-16)10-4-12-24-18-5-2-1-3-6-18;22-19(20-23)17-8-9-18-14-21(12-10-16(18)13-17)11-4-7-15-5-2-1-3-6-15;19-18(20,21)16-5-1-12(2-6-16)10-23-8-7-13-9-14(17(24)22-25)3-4-15(13)11-23;22-17(18-23)13-2-3-14-10-21(6-5-12(14)8-13)9-11-1-4-15-16(7-11)20-24-19-15/h1-3,5-8,13,23H,4,9-12,14H2,(H,20,22);1-9,13,23H,10-12,14H2,(H,20,22);1-6,9,25H,7-8,10-11H2,(H,22,24);1-4,7-8,23H,5-6,9-10H2,(H,18,22)/b;7-4+;;. The third-order valence-electron chi connectivity index (χ3n) is 17.2. The number of ether oxygens (including phenoxy) is 1. The highest BCUT2D eigenvalue weighted by Crippen LogP contribution is 2.31. The first-order valence-electron chi connectivity index (χ1n) is 31.5. The fraction of sp³-hybridized carbons (Fsp3) is 0.260. The zero-order valence-corrected chi connectivity index (χ0v) is 52.7. The van der Waals surface area contributed by atoms with Gasteiger partial charge in [-0.15, -0.1) is 0 Å². The third-order valence-corrected chi connectivity index (χ3v) is 17.2. The summed E-state index contributed by atoms with van der Waals surface area (Å²) in [5.41, 5.74) is 22.0. The number of amides is 4. The van der Waals surface area contributed by atoms with Gasteiger partial charge in [0, 0.05) is 101 Å². The van der Waals surface area contributed by atoms with E-state index in [0.29, 0.717) is 42.0 Å². The molecule has 0 radical (unpaired) electrons. The lowest BCUT2D eigenvalue weighted by atomic mass is 9.96. The molecule has 13 rings (SSSR count). The molecule has 4 amide bonds. The van der Waals surface area contributed by atoms with Crippen LogP contribution in [0, 0.1) is 0 Å². The number of benzene rings is 8. The third kappa shape index (κ3) is 19.1. The summed E-state index contributed by atoms with van der Waals surface area (Å²) in [6.45, 7) is 10.9. The molecule has 9 aromatic rings. The van der Waals surface area contributed by atoms with Gasteiger partial charge in [0.25, 0.3) is 23.6 Å². The Morgan fingerprint density at radius 2 is 0.885 bits per heavy atom. The van der Waals surface area contributed by atoms with Gasteiger partial charge >= 0.3 is 6.18 Å². The van der Waals surface area contributed by atoms with E-state index in [1.54, 1.807) is 52.3 Å². The van der Waals surface area contributed by atoms with Gasteiger partial charge in [-0.3, -0.25) is 59.6 Å². The molecule has 0 atom stereocenters. The van der Waals surface area contributed by atoms with E-state index in [1.165, 1.54) is 45.5 Å². The minimum absolute atomic E-state index is 0.400. The van der Waals surface area contributed by atoms with Crippen LogP contribution in [-0.2, 0) is 71.1 Å². The van der Waals surface area contributed by atoms with Crippen LogP contribution in [0.5, 0.6) is 5.75 Å². The number of para-hydroxylation sites is 1. The molecule has 5 heterocycles. The summed E-state index contributed by atoms with van der Waals surface area (Å²) >= 11 is 0. The van der Waals surface area contributed by atoms with Crippen molar-refractivity contribution in [2.75, 3.05) is 45.9 Å². The van der Waals surface area contributed by atoms with Gasteiger partial charge in [0.2, 0.25) is 0 Å². The lowest BCUT2D eigenvalue weighted by Gasteiger charge is -2.29. The van der Waals surface area contributed by atoms with E-state index in [0.717, 1.165) is 154 Å². The number of aromatic nitrogens is 2. The number of alkyl halides is 3. The van der Waals surface area contributed by atoms with Crippen LogP contribution < -0.4 is 26.7 Å². The van der Waals surface area contributed by atoms with Gasteiger partial charge in [0.1, 0.15) is 16.8 Å². The Balaban J connectivity index is 0.000000139. The van der Waals surface area contributed by atoms with E-state index in [4.69, 9.17) is 30.2 Å². The van der Waals surface area contributed by atoms with E-state index in [2.05, 4.69) is 54.2 Å². The van der Waals surface area contributed by atoms with Gasteiger partial charge in [-0.05, 0) is 189 Å². The number of fused-ring (bicyclic) bond motifs is 5. The number of carbonyl (C=O) groups excluding carboxylic acids is 4. The van der Waals surface area contributed by atoms with E-state index < -0.39 is 35.4 Å². The van der Waals surface area contributed by atoms with Crippen molar-refractivity contribution in [3.05, 3.63) is 271 Å². The molecule has 8 aromatic carbocycles. The predicted octanol–water partition coefficient (Wildman–Crippen LogP) is 10.8. The molecule has 23 heteroatoms. The summed E-state index contributed by atoms with van der Waals surface area (Å²) < 4.78 is 48.3. The van der Waals surface area contributed by atoms with Crippen molar-refractivity contribution >= 4 is 40.7 Å². The monoisotopic (exact) mass is 1310 g/mol. The van der Waals surface area contributed by atoms with Crippen LogP contribution in [0.3, 0.4) is 0 Å². The van der Waals surface area contributed by atoms with E-state index >= 15 is 0 Å². The fourth-order valence-corrected chi connectivity index (χ4v) is 12.0. The maximum absolute atomic E-state index is 12.6. The van der Waals surface area contributed by atoms with Crippen LogP contribution in [0.2, 0.25) is 0 Å². The summed E-state index contributed by atoms with van der Waals surface area (Å²) in [4.78, 5) is 55.2. The first-order chi connectivity index (χ1) is 46.6. The van der Waals surface area contributed by atoms with E-state index in [-0.39, 0.29) is 0 Å². The van der Waals surface area contributed by atoms with Gasteiger partial charge in [-0.1, -0.05) is 103 Å². The van der Waals surface area contributed by atoms with Crippen molar-refractivity contribution in [3.63, 3.8) is 0 Å². The number of nitrogens with zero attached hydrogens (tertiary/aromatic N) is 6. The molecule has 20 nitrogen and oxygen atoms in total. The first kappa shape index (κ1) is 68.9. The Morgan fingerprint density at radius 3 is 1.36 bits per heavy atom. The van der Waals surface area contributed by atoms with Crippen LogP contribution in [-0.4, -0.2) is 120 Å². The number of carbonyl (C=O) groups is 4. The largest absolute Gasteiger partial charge is 0.494 e. The van der Waals surface area contributed by atoms with Crippen molar-refractivity contribution in [3.8, 4) is 5.75 Å². The van der Waals surface area contributed by atoms with Gasteiger partial charge in [-0.2, -0.15) is 13.2 Å². The van der Waals surface area contributed by atoms with Gasteiger partial charge in [-0.25, -0.2) is 26.5 Å². The summed E-state index contributed by atoms with van der Waals surface area (Å²) in [7, 11) is 0. The van der Waals surface area contributed by atoms with Crippen LogP contribution in [0.1, 0.15) is 115 Å². The molecule has 4 aliphatic heterocycles. The van der Waals surface area contributed by atoms with Gasteiger partial charge in [0.05, 0.1) is 12.2 Å². The maximum Gasteiger partial charge on any atom is 0.416 e. The summed E-state index contributed by atoms with van der Waals surface area (Å²) in [6.07, 6.45) is 4.44. The normalized spacial score (nSPS) is 14.5. The van der Waals surface area contributed by atoms with Crippen molar-refractivity contribution < 1.29 is 62.5 Å². The fourth-order valence-electron chi connectivity index (χ4n) is 12.0. The molecule has 0 saturated heterocycles. The Bertz CT molecular complexity index is 4140. The zero-order valence-electron chi connectivity index (χ0n) is 52.7. The second-order valence-corrected chi connectivity index (χ2v) is 23.7. The average molecular weight is 1310 g/mol. The topological polar surface area (TPSA) is 258 Å². The molecular weight excluding hydrogens is 1230 g/mol. The molecular formula is C73H75F3N10O10. The molecule has 0 spiro atoms. The molecule has 96 heavy (non-hydrogen) atoms.